The molecule has 3 rings (SSSR count). The molecule has 0 spiro atoms. The molecule has 1 heterocycles. The molecule has 2 N–H and O–H groups in total. The summed E-state index contributed by atoms with van der Waals surface area (Å²) < 4.78 is 15.8. The number of thiocarbonyl (C=S) groups is 1. The van der Waals surface area contributed by atoms with Crippen LogP contribution >= 0.6 is 12.2 Å². The number of nitrogens with zero attached hydrogens (tertiary/aromatic N) is 1. The Hall–Kier alpha value is -3.33. The van der Waals surface area contributed by atoms with Gasteiger partial charge in [-0.2, -0.15) is 0 Å². The molecule has 164 valence electrons. The molecular weight excluding hydrogens is 418 g/mol. The number of hydrogen-bond donors (Lipinski definition) is 2. The van der Waals surface area contributed by atoms with E-state index >= 15 is 0 Å². The number of carbonyl (C=O) groups excluding carboxylic acids is 2. The van der Waals surface area contributed by atoms with Gasteiger partial charge in [-0.25, -0.2) is 0 Å². The van der Waals surface area contributed by atoms with Gasteiger partial charge < -0.3 is 24.4 Å². The Morgan fingerprint density at radius 3 is 2.16 bits per heavy atom. The van der Waals surface area contributed by atoms with Gasteiger partial charge in [0.1, 0.15) is 0 Å². The average molecular weight is 444 g/mol. The lowest BCUT2D eigenvalue weighted by Crippen LogP contribution is -2.34. The number of methoxy groups -OCH3 is 3. The van der Waals surface area contributed by atoms with E-state index in [0.29, 0.717) is 28.5 Å². The van der Waals surface area contributed by atoms with Gasteiger partial charge in [0.05, 0.1) is 21.3 Å². The predicted molar refractivity (Wildman–Crippen MR) is 121 cm³/mol. The first-order valence-electron chi connectivity index (χ1n) is 9.78. The molecule has 0 bridgehead atoms. The van der Waals surface area contributed by atoms with E-state index in [4.69, 9.17) is 26.4 Å². The second-order valence-corrected chi connectivity index (χ2v) is 7.31. The highest BCUT2D eigenvalue weighted by atomic mass is 32.1. The number of ether oxygens (including phenoxy) is 3. The topological polar surface area (TPSA) is 89.1 Å². The van der Waals surface area contributed by atoms with Gasteiger partial charge in [0, 0.05) is 29.9 Å². The Labute approximate surface area is 186 Å². The third-order valence-corrected chi connectivity index (χ3v) is 5.12. The summed E-state index contributed by atoms with van der Waals surface area (Å²) in [5.74, 6) is 0.661. The Kier molecular flexibility index (Phi) is 7.30. The highest BCUT2D eigenvalue weighted by Gasteiger charge is 2.20. The average Bonchev–Trinajstić information content (AvgIpc) is 3.32. The quantitative estimate of drug-likeness (QED) is 0.663. The van der Waals surface area contributed by atoms with Crippen LogP contribution in [0.15, 0.2) is 36.4 Å². The van der Waals surface area contributed by atoms with Gasteiger partial charge in [-0.3, -0.25) is 14.9 Å². The van der Waals surface area contributed by atoms with Gasteiger partial charge in [0.25, 0.3) is 11.8 Å². The molecule has 31 heavy (non-hydrogen) atoms. The molecule has 0 aromatic heterocycles. The molecule has 0 aliphatic carbocycles. The monoisotopic (exact) mass is 443 g/mol. The Morgan fingerprint density at radius 1 is 0.935 bits per heavy atom. The molecule has 0 radical (unpaired) electrons. The summed E-state index contributed by atoms with van der Waals surface area (Å²) in [6.45, 7) is 1.56. The lowest BCUT2D eigenvalue weighted by atomic mass is 10.1. The van der Waals surface area contributed by atoms with E-state index in [-0.39, 0.29) is 16.6 Å². The smallest absolute Gasteiger partial charge is 0.257 e. The Balaban J connectivity index is 1.69. The number of hydrogen-bond acceptors (Lipinski definition) is 6. The van der Waals surface area contributed by atoms with Crippen molar-refractivity contribution in [1.29, 1.82) is 0 Å². The number of likely N-dealkylation sites (tertiary alicyclic amines) is 1. The first kappa shape index (κ1) is 22.4. The van der Waals surface area contributed by atoms with E-state index in [1.54, 1.807) is 24.3 Å². The minimum atomic E-state index is -0.443. The van der Waals surface area contributed by atoms with Gasteiger partial charge in [0.15, 0.2) is 16.6 Å². The summed E-state index contributed by atoms with van der Waals surface area (Å²) in [5, 5.41) is 5.67. The van der Waals surface area contributed by atoms with Crippen LogP contribution in [0.25, 0.3) is 0 Å². The molecule has 0 atom stereocenters. The lowest BCUT2D eigenvalue weighted by Gasteiger charge is -2.16. The number of anilines is 1. The van der Waals surface area contributed by atoms with Gasteiger partial charge in [-0.05, 0) is 55.4 Å². The zero-order valence-corrected chi connectivity index (χ0v) is 18.5. The van der Waals surface area contributed by atoms with Crippen LogP contribution in [0.5, 0.6) is 17.2 Å². The molecule has 1 fully saturated rings. The van der Waals surface area contributed by atoms with Crippen molar-refractivity contribution < 1.29 is 23.8 Å². The fraction of sp³-hybridized carbons (Fsp3) is 0.318. The molecule has 2 amide bonds. The van der Waals surface area contributed by atoms with Gasteiger partial charge in [0.2, 0.25) is 5.75 Å². The fourth-order valence-corrected chi connectivity index (χ4v) is 3.59. The van der Waals surface area contributed by atoms with Crippen LogP contribution in [0, 0.1) is 0 Å². The van der Waals surface area contributed by atoms with Crippen LogP contribution in [0.4, 0.5) is 5.69 Å². The SMILES string of the molecule is COc1cc(C(=O)NC(=S)Nc2cccc(C(=O)N3CCCC3)c2)cc(OC)c1OC. The molecule has 2 aromatic rings. The van der Waals surface area contributed by atoms with E-state index in [9.17, 15) is 9.59 Å². The number of rotatable bonds is 6. The molecule has 1 aliphatic heterocycles. The zero-order chi connectivity index (χ0) is 22.4. The molecule has 0 unspecified atom stereocenters. The highest BCUT2D eigenvalue weighted by molar-refractivity contribution is 7.80. The Bertz CT molecular complexity index is 964. The van der Waals surface area contributed by atoms with Crippen molar-refractivity contribution in [2.75, 3.05) is 39.7 Å². The number of amides is 2. The Morgan fingerprint density at radius 2 is 1.58 bits per heavy atom. The van der Waals surface area contributed by atoms with Crippen LogP contribution in [0.2, 0.25) is 0 Å². The molecule has 9 heteroatoms. The number of nitrogens with one attached hydrogen (secondary N) is 2. The summed E-state index contributed by atoms with van der Waals surface area (Å²) in [4.78, 5) is 27.1. The zero-order valence-electron chi connectivity index (χ0n) is 17.7. The van der Waals surface area contributed by atoms with Crippen molar-refractivity contribution in [3.05, 3.63) is 47.5 Å². The minimum Gasteiger partial charge on any atom is -0.493 e. The van der Waals surface area contributed by atoms with Gasteiger partial charge >= 0.3 is 0 Å². The summed E-state index contributed by atoms with van der Waals surface area (Å²) in [5.41, 5.74) is 1.47. The number of benzene rings is 2. The van der Waals surface area contributed by atoms with E-state index in [1.165, 1.54) is 33.5 Å². The maximum atomic E-state index is 12.7. The molecule has 1 aliphatic rings. The predicted octanol–water partition coefficient (Wildman–Crippen LogP) is 3.08. The molecule has 0 saturated carbocycles. The minimum absolute atomic E-state index is 0.00599. The van der Waals surface area contributed by atoms with Crippen LogP contribution in [0.3, 0.4) is 0 Å². The van der Waals surface area contributed by atoms with Crippen molar-refractivity contribution in [2.24, 2.45) is 0 Å². The number of carbonyl (C=O) groups is 2. The lowest BCUT2D eigenvalue weighted by molar-refractivity contribution is 0.0792. The maximum absolute atomic E-state index is 12.7. The van der Waals surface area contributed by atoms with Crippen LogP contribution < -0.4 is 24.8 Å². The highest BCUT2D eigenvalue weighted by Crippen LogP contribution is 2.38. The fourth-order valence-electron chi connectivity index (χ4n) is 3.38. The second kappa shape index (κ2) is 10.1. The van der Waals surface area contributed by atoms with Crippen LogP contribution in [-0.2, 0) is 0 Å². The van der Waals surface area contributed by atoms with Crippen molar-refractivity contribution in [3.63, 3.8) is 0 Å². The summed E-state index contributed by atoms with van der Waals surface area (Å²) in [6, 6.07) is 10.1. The summed E-state index contributed by atoms with van der Waals surface area (Å²) in [7, 11) is 4.44. The largest absolute Gasteiger partial charge is 0.493 e. The normalized spacial score (nSPS) is 12.8. The summed E-state index contributed by atoms with van der Waals surface area (Å²) in [6.07, 6.45) is 2.06. The molecular formula is C22H25N3O5S. The van der Waals surface area contributed by atoms with E-state index in [0.717, 1.165) is 25.9 Å². The van der Waals surface area contributed by atoms with Gasteiger partial charge in [-0.1, -0.05) is 6.07 Å². The van der Waals surface area contributed by atoms with Crippen LogP contribution in [0.1, 0.15) is 33.6 Å². The summed E-state index contributed by atoms with van der Waals surface area (Å²) >= 11 is 5.27. The third-order valence-electron chi connectivity index (χ3n) is 4.91. The first-order valence-corrected chi connectivity index (χ1v) is 10.2. The van der Waals surface area contributed by atoms with Crippen LogP contribution in [-0.4, -0.2) is 56.2 Å². The van der Waals surface area contributed by atoms with Crippen molar-refractivity contribution >= 4 is 34.8 Å². The third kappa shape index (κ3) is 5.24. The molecule has 8 nitrogen and oxygen atoms in total. The molecule has 2 aromatic carbocycles. The standard InChI is InChI=1S/C22H25N3O5S/c1-28-17-12-15(13-18(29-2)19(17)30-3)20(26)24-22(31)23-16-8-6-7-14(11-16)21(27)25-9-4-5-10-25/h6-8,11-13H,4-5,9-10H2,1-3H3,(H2,23,24,26,31). The van der Waals surface area contributed by atoms with Crippen molar-refractivity contribution in [1.82, 2.24) is 10.2 Å². The van der Waals surface area contributed by atoms with Crippen molar-refractivity contribution in [3.8, 4) is 17.2 Å². The van der Waals surface area contributed by atoms with E-state index in [1.807, 2.05) is 4.90 Å². The first-order chi connectivity index (χ1) is 15.0. The van der Waals surface area contributed by atoms with Crippen molar-refractivity contribution in [2.45, 2.75) is 12.8 Å². The van der Waals surface area contributed by atoms with Gasteiger partial charge in [-0.15, -0.1) is 0 Å². The second-order valence-electron chi connectivity index (χ2n) is 6.90. The van der Waals surface area contributed by atoms with E-state index in [2.05, 4.69) is 10.6 Å². The maximum Gasteiger partial charge on any atom is 0.257 e. The van der Waals surface area contributed by atoms with E-state index < -0.39 is 5.91 Å². The molecule has 1 saturated heterocycles.